The van der Waals surface area contributed by atoms with Crippen molar-refractivity contribution in [2.75, 3.05) is 39.4 Å². The first kappa shape index (κ1) is 25.8. The first-order valence-corrected chi connectivity index (χ1v) is 14.5. The number of rotatable bonds is 8. The predicted molar refractivity (Wildman–Crippen MR) is 135 cm³/mol. The third kappa shape index (κ3) is 6.37. The van der Waals surface area contributed by atoms with Crippen LogP contribution in [0.4, 0.5) is 0 Å². The molecule has 5 rings (SSSR count). The van der Waals surface area contributed by atoms with Crippen LogP contribution in [0.2, 0.25) is 0 Å². The number of ether oxygens (including phenoxy) is 1. The second-order valence-electron chi connectivity index (χ2n) is 11.5. The number of aliphatic hydroxyl groups is 1. The fraction of sp³-hybridized carbons (Fsp3) is 0.962. The van der Waals surface area contributed by atoms with Crippen molar-refractivity contribution < 1.29 is 14.6 Å². The van der Waals surface area contributed by atoms with Crippen molar-refractivity contribution in [2.45, 2.75) is 101 Å². The maximum atomic E-state index is 13.2. The first-order valence-electron chi connectivity index (χ1n) is 14.5. The number of amides is 1. The highest BCUT2D eigenvalue weighted by Gasteiger charge is 2.44. The summed E-state index contributed by atoms with van der Waals surface area (Å²) in [6.45, 7) is 4.75. The van der Waals surface area contributed by atoms with Gasteiger partial charge < -0.3 is 25.8 Å². The molecular weight excluding hydrogens is 444 g/mol. The molecule has 7 unspecified atom stereocenters. The number of nitrogens with one attached hydrogen (secondary N) is 5. The molecule has 200 valence electrons. The van der Waals surface area contributed by atoms with E-state index in [9.17, 15) is 9.90 Å². The van der Waals surface area contributed by atoms with Gasteiger partial charge in [0.05, 0.1) is 25.0 Å². The SMILES string of the molecule is O=C(NC(CCO)C1CCCCC1)C1CCCC(NCC2NNC3C4CCNCC4OCCN23)C1. The summed E-state index contributed by atoms with van der Waals surface area (Å²) in [6, 6.07) is 0.511. The number of hydrogen-bond acceptors (Lipinski definition) is 8. The zero-order chi connectivity index (χ0) is 24.0. The minimum Gasteiger partial charge on any atom is -0.396 e. The second-order valence-corrected chi connectivity index (χ2v) is 11.5. The number of carbonyl (C=O) groups is 1. The lowest BCUT2D eigenvalue weighted by Crippen LogP contribution is -2.53. The van der Waals surface area contributed by atoms with Gasteiger partial charge >= 0.3 is 0 Å². The van der Waals surface area contributed by atoms with E-state index in [1.54, 1.807) is 0 Å². The van der Waals surface area contributed by atoms with Gasteiger partial charge in [-0.05, 0) is 57.4 Å². The molecule has 0 bridgehead atoms. The number of hydrazine groups is 1. The highest BCUT2D eigenvalue weighted by molar-refractivity contribution is 5.79. The molecule has 0 spiro atoms. The monoisotopic (exact) mass is 492 g/mol. The number of piperidine rings is 1. The normalized spacial score (nSPS) is 37.7. The number of nitrogens with zero attached hydrogens (tertiary/aromatic N) is 1. The molecule has 9 nitrogen and oxygen atoms in total. The van der Waals surface area contributed by atoms with Crippen molar-refractivity contribution in [1.29, 1.82) is 0 Å². The molecule has 9 heteroatoms. The van der Waals surface area contributed by atoms with Gasteiger partial charge in [-0.15, -0.1) is 0 Å². The zero-order valence-corrected chi connectivity index (χ0v) is 21.4. The topological polar surface area (TPSA) is 110 Å². The summed E-state index contributed by atoms with van der Waals surface area (Å²) in [5.74, 6) is 1.33. The second kappa shape index (κ2) is 12.6. The van der Waals surface area contributed by atoms with Gasteiger partial charge in [0.15, 0.2) is 0 Å². The molecule has 1 amide bonds. The standard InChI is InChI=1S/C26H48N6O3/c33-13-10-22(18-5-2-1-3-6-18)29-26(34)19-7-4-8-20(15-19)28-17-24-30-31-25-21-9-11-27-16-23(21)35-14-12-32(24)25/h18-25,27-28,30-31,33H,1-17H2,(H,29,34). The molecule has 5 aliphatic rings. The van der Waals surface area contributed by atoms with Gasteiger partial charge in [-0.25, -0.2) is 10.9 Å². The molecule has 3 heterocycles. The molecular formula is C26H48N6O3. The Kier molecular flexibility index (Phi) is 9.32. The van der Waals surface area contributed by atoms with Crippen LogP contribution in [0.1, 0.15) is 70.6 Å². The lowest BCUT2D eigenvalue weighted by atomic mass is 9.81. The van der Waals surface area contributed by atoms with Gasteiger partial charge in [0.2, 0.25) is 5.91 Å². The van der Waals surface area contributed by atoms with E-state index in [2.05, 4.69) is 31.7 Å². The minimum atomic E-state index is 0.0792. The number of hydrogen-bond donors (Lipinski definition) is 6. The van der Waals surface area contributed by atoms with E-state index in [1.165, 1.54) is 32.1 Å². The quantitative estimate of drug-likeness (QED) is 0.293. The third-order valence-electron chi connectivity index (χ3n) is 9.35. The Labute approximate surface area is 210 Å². The molecule has 3 aliphatic heterocycles. The Morgan fingerprint density at radius 3 is 2.83 bits per heavy atom. The van der Waals surface area contributed by atoms with E-state index < -0.39 is 0 Å². The van der Waals surface area contributed by atoms with Crippen LogP contribution in [0.3, 0.4) is 0 Å². The third-order valence-corrected chi connectivity index (χ3v) is 9.35. The van der Waals surface area contributed by atoms with Gasteiger partial charge in [0.1, 0.15) is 0 Å². The van der Waals surface area contributed by atoms with Crippen molar-refractivity contribution in [3.63, 3.8) is 0 Å². The molecule has 5 fully saturated rings. The van der Waals surface area contributed by atoms with Gasteiger partial charge in [-0.3, -0.25) is 9.69 Å². The Balaban J connectivity index is 1.10. The van der Waals surface area contributed by atoms with Crippen LogP contribution in [-0.2, 0) is 9.53 Å². The van der Waals surface area contributed by atoms with Crippen LogP contribution in [0.15, 0.2) is 0 Å². The highest BCUT2D eigenvalue weighted by atomic mass is 16.5. The summed E-state index contributed by atoms with van der Waals surface area (Å²) in [5.41, 5.74) is 7.11. The summed E-state index contributed by atoms with van der Waals surface area (Å²) >= 11 is 0. The fourth-order valence-corrected chi connectivity index (χ4v) is 7.35. The molecule has 0 aromatic heterocycles. The predicted octanol–water partition coefficient (Wildman–Crippen LogP) is 0.653. The Morgan fingerprint density at radius 1 is 1.09 bits per heavy atom. The van der Waals surface area contributed by atoms with Crippen LogP contribution in [-0.4, -0.2) is 85.8 Å². The fourth-order valence-electron chi connectivity index (χ4n) is 7.35. The summed E-state index contributed by atoms with van der Waals surface area (Å²) < 4.78 is 6.17. The molecule has 3 saturated heterocycles. The molecule has 7 atom stereocenters. The van der Waals surface area contributed by atoms with E-state index >= 15 is 0 Å². The highest BCUT2D eigenvalue weighted by Crippen LogP contribution is 2.30. The van der Waals surface area contributed by atoms with Crippen molar-refractivity contribution in [2.24, 2.45) is 17.8 Å². The van der Waals surface area contributed by atoms with Gasteiger partial charge in [0.25, 0.3) is 0 Å². The zero-order valence-electron chi connectivity index (χ0n) is 21.4. The van der Waals surface area contributed by atoms with E-state index in [4.69, 9.17) is 4.74 Å². The lowest BCUT2D eigenvalue weighted by Gasteiger charge is -2.36. The van der Waals surface area contributed by atoms with Crippen LogP contribution in [0, 0.1) is 17.8 Å². The molecule has 6 N–H and O–H groups in total. The molecule has 2 aliphatic carbocycles. The number of fused-ring (bicyclic) bond motifs is 3. The Morgan fingerprint density at radius 2 is 1.97 bits per heavy atom. The van der Waals surface area contributed by atoms with Crippen molar-refractivity contribution in [1.82, 2.24) is 31.7 Å². The maximum Gasteiger partial charge on any atom is 0.223 e. The summed E-state index contributed by atoms with van der Waals surface area (Å²) in [5, 5.41) is 20.2. The minimum absolute atomic E-state index is 0.0792. The molecule has 2 saturated carbocycles. The maximum absolute atomic E-state index is 13.2. The summed E-state index contributed by atoms with van der Waals surface area (Å²) in [6.07, 6.45) is 13.0. The molecule has 0 radical (unpaired) electrons. The Hall–Kier alpha value is -0.810. The average Bonchev–Trinajstić information content (AvgIpc) is 3.21. The average molecular weight is 493 g/mol. The molecule has 35 heavy (non-hydrogen) atoms. The van der Waals surface area contributed by atoms with Crippen LogP contribution in [0.5, 0.6) is 0 Å². The van der Waals surface area contributed by atoms with Crippen molar-refractivity contribution >= 4 is 5.91 Å². The lowest BCUT2D eigenvalue weighted by molar-refractivity contribution is -0.127. The largest absolute Gasteiger partial charge is 0.396 e. The van der Waals surface area contributed by atoms with Gasteiger partial charge in [-0.1, -0.05) is 25.7 Å². The molecule has 0 aromatic carbocycles. The summed E-state index contributed by atoms with van der Waals surface area (Å²) in [7, 11) is 0. The summed E-state index contributed by atoms with van der Waals surface area (Å²) in [4.78, 5) is 15.8. The van der Waals surface area contributed by atoms with Gasteiger partial charge in [-0.2, -0.15) is 0 Å². The Bertz CT molecular complexity index is 677. The van der Waals surface area contributed by atoms with Crippen molar-refractivity contribution in [3.05, 3.63) is 0 Å². The molecule has 0 aromatic rings. The van der Waals surface area contributed by atoms with Crippen molar-refractivity contribution in [3.8, 4) is 0 Å². The van der Waals surface area contributed by atoms with E-state index in [0.717, 1.165) is 64.9 Å². The van der Waals surface area contributed by atoms with E-state index in [1.807, 2.05) is 0 Å². The van der Waals surface area contributed by atoms with Crippen LogP contribution < -0.4 is 26.8 Å². The van der Waals surface area contributed by atoms with Crippen LogP contribution in [0.25, 0.3) is 0 Å². The number of carbonyl (C=O) groups excluding carboxylic acids is 1. The first-order chi connectivity index (χ1) is 17.2. The van der Waals surface area contributed by atoms with Gasteiger partial charge in [0, 0.05) is 50.2 Å². The van der Waals surface area contributed by atoms with E-state index in [0.29, 0.717) is 36.6 Å². The number of aliphatic hydroxyl groups excluding tert-OH is 1. The smallest absolute Gasteiger partial charge is 0.223 e. The van der Waals surface area contributed by atoms with Crippen LogP contribution >= 0.6 is 0 Å². The van der Waals surface area contributed by atoms with E-state index in [-0.39, 0.29) is 30.6 Å².